The molecular formula is C69H45NO2. The Hall–Kier alpha value is -9.18. The van der Waals surface area contributed by atoms with Crippen LogP contribution in [-0.4, -0.2) is 0 Å². The minimum atomic E-state index is -0.216. The quantitative estimate of drug-likeness (QED) is 0.177. The molecule has 1 aliphatic carbocycles. The van der Waals surface area contributed by atoms with Crippen LogP contribution in [0.5, 0.6) is 11.5 Å². The number of ether oxygens (including phenoxy) is 1. The second-order valence-corrected chi connectivity index (χ2v) is 19.9. The van der Waals surface area contributed by atoms with Crippen LogP contribution in [-0.2, 0) is 5.41 Å². The monoisotopic (exact) mass is 919 g/mol. The van der Waals surface area contributed by atoms with Crippen LogP contribution in [0.3, 0.4) is 0 Å². The SMILES string of the molecule is CC1(C)c2ccccc2-c2ccc(N(c3ccc4c(c3)c3ccccc3c3ccccc3c3ccccc3c3c4ccc4c5ccccc5oc43)c3cccc4c3Oc3ccccc3-c3ccccc3-4)cc21. The molecule has 15 rings (SSSR count). The molecular weight excluding hydrogens is 875 g/mol. The van der Waals surface area contributed by atoms with Crippen LogP contribution in [0.2, 0.25) is 0 Å². The van der Waals surface area contributed by atoms with Crippen molar-refractivity contribution in [3.63, 3.8) is 0 Å². The molecule has 3 nitrogen and oxygen atoms in total. The van der Waals surface area contributed by atoms with Crippen molar-refractivity contribution in [2.45, 2.75) is 19.3 Å². The Balaban J connectivity index is 1.10. The van der Waals surface area contributed by atoms with Crippen LogP contribution in [0.1, 0.15) is 25.0 Å². The molecule has 0 spiro atoms. The van der Waals surface area contributed by atoms with Gasteiger partial charge < -0.3 is 14.1 Å². The molecule has 72 heavy (non-hydrogen) atoms. The summed E-state index contributed by atoms with van der Waals surface area (Å²) < 4.78 is 14.3. The van der Waals surface area contributed by atoms with Gasteiger partial charge in [0, 0.05) is 44.1 Å². The van der Waals surface area contributed by atoms with E-state index < -0.39 is 0 Å². The highest BCUT2D eigenvalue weighted by atomic mass is 16.5. The maximum atomic E-state index is 7.29. The van der Waals surface area contributed by atoms with Crippen LogP contribution in [0.15, 0.2) is 241 Å². The lowest BCUT2D eigenvalue weighted by Crippen LogP contribution is -2.17. The molecule has 2 heterocycles. The number of anilines is 3. The molecule has 0 bridgehead atoms. The second kappa shape index (κ2) is 15.4. The number of fused-ring (bicyclic) bond motifs is 22. The van der Waals surface area contributed by atoms with Gasteiger partial charge in [0.1, 0.15) is 16.9 Å². The van der Waals surface area contributed by atoms with Crippen LogP contribution >= 0.6 is 0 Å². The standard InChI is InChI=1S/C69H45NO2/c1-69(2)61-30-14-11-25-52(61)53-37-35-43(41-62(53)69)70(63-31-17-29-58-49-23-7-6-21-47(49)54-26-12-15-32-64(54)71-67(58)63)42-34-36-51-57-38-39-59-55-27-13-16-33-65(55)72-68(59)66(57)56-28-10-9-22-48(56)45-19-4-3-18-44(45)46-20-5-8-24-50(46)60(51)40-42/h3-41H,1-2H3. The Morgan fingerprint density at radius 2 is 0.819 bits per heavy atom. The normalized spacial score (nSPS) is 13.1. The van der Waals surface area contributed by atoms with Gasteiger partial charge in [-0.05, 0) is 130 Å². The average Bonchev–Trinajstić information content (AvgIpc) is 3.87. The molecule has 3 heteroatoms. The van der Waals surface area contributed by atoms with Crippen molar-refractivity contribution < 1.29 is 9.15 Å². The van der Waals surface area contributed by atoms with Gasteiger partial charge in [-0.1, -0.05) is 202 Å². The first-order valence-corrected chi connectivity index (χ1v) is 24.9. The third-order valence-electron chi connectivity index (χ3n) is 15.7. The van der Waals surface area contributed by atoms with Crippen molar-refractivity contribution in [1.82, 2.24) is 0 Å². The minimum absolute atomic E-state index is 0.216. The molecule has 0 N–H and O–H groups in total. The van der Waals surface area contributed by atoms with E-state index >= 15 is 0 Å². The van der Waals surface area contributed by atoms with Crippen molar-refractivity contribution >= 4 is 92.9 Å². The Morgan fingerprint density at radius 3 is 1.57 bits per heavy atom. The van der Waals surface area contributed by atoms with E-state index in [1.165, 1.54) is 38.4 Å². The highest BCUT2D eigenvalue weighted by Crippen LogP contribution is 2.55. The van der Waals surface area contributed by atoms with Gasteiger partial charge in [0.15, 0.2) is 5.75 Å². The van der Waals surface area contributed by atoms with E-state index in [2.05, 4.69) is 255 Å². The fourth-order valence-corrected chi connectivity index (χ4v) is 12.4. The highest BCUT2D eigenvalue weighted by Gasteiger charge is 2.36. The fourth-order valence-electron chi connectivity index (χ4n) is 12.4. The Bertz CT molecular complexity index is 4540. The van der Waals surface area contributed by atoms with Crippen LogP contribution in [0.4, 0.5) is 17.1 Å². The first kappa shape index (κ1) is 40.7. The number of rotatable bonds is 3. The number of hydrogen-bond donors (Lipinski definition) is 0. The molecule has 338 valence electrons. The summed E-state index contributed by atoms with van der Waals surface area (Å²) in [5.74, 6) is 1.63. The molecule has 0 radical (unpaired) electrons. The predicted octanol–water partition coefficient (Wildman–Crippen LogP) is 19.7. The van der Waals surface area contributed by atoms with Gasteiger partial charge in [-0.25, -0.2) is 0 Å². The molecule has 0 fully saturated rings. The van der Waals surface area contributed by atoms with Crippen LogP contribution in [0.25, 0.3) is 109 Å². The molecule has 12 aromatic carbocycles. The van der Waals surface area contributed by atoms with Gasteiger partial charge in [0.05, 0.1) is 5.69 Å². The smallest absolute Gasteiger partial charge is 0.159 e. The van der Waals surface area contributed by atoms with Gasteiger partial charge in [0.2, 0.25) is 0 Å². The summed E-state index contributed by atoms with van der Waals surface area (Å²) >= 11 is 0. The lowest BCUT2D eigenvalue weighted by Gasteiger charge is -2.30. The van der Waals surface area contributed by atoms with E-state index in [9.17, 15) is 0 Å². The van der Waals surface area contributed by atoms with Gasteiger partial charge in [0.25, 0.3) is 0 Å². The molecule has 0 unspecified atom stereocenters. The van der Waals surface area contributed by atoms with Gasteiger partial charge in [-0.15, -0.1) is 0 Å². The van der Waals surface area contributed by atoms with Crippen molar-refractivity contribution in [3.8, 4) is 44.9 Å². The molecule has 0 atom stereocenters. The summed E-state index contributed by atoms with van der Waals surface area (Å²) in [6.07, 6.45) is 0. The average molecular weight is 920 g/mol. The zero-order valence-corrected chi connectivity index (χ0v) is 39.8. The molecule has 0 saturated heterocycles. The van der Waals surface area contributed by atoms with E-state index in [0.717, 1.165) is 110 Å². The maximum absolute atomic E-state index is 7.29. The summed E-state index contributed by atoms with van der Waals surface area (Å²) in [6, 6.07) is 86.4. The lowest BCUT2D eigenvalue weighted by atomic mass is 9.82. The van der Waals surface area contributed by atoms with Crippen LogP contribution < -0.4 is 9.64 Å². The van der Waals surface area contributed by atoms with E-state index in [1.807, 2.05) is 0 Å². The van der Waals surface area contributed by atoms with E-state index in [4.69, 9.17) is 9.15 Å². The highest BCUT2D eigenvalue weighted by molar-refractivity contribution is 6.31. The summed E-state index contributed by atoms with van der Waals surface area (Å²) in [7, 11) is 0. The van der Waals surface area contributed by atoms with Crippen LogP contribution in [0, 0.1) is 0 Å². The van der Waals surface area contributed by atoms with Gasteiger partial charge in [-0.3, -0.25) is 0 Å². The first-order valence-electron chi connectivity index (χ1n) is 24.9. The number of hydrogen-bond acceptors (Lipinski definition) is 3. The molecule has 1 aliphatic heterocycles. The molecule has 1 aromatic heterocycles. The molecule has 13 aromatic rings. The largest absolute Gasteiger partial charge is 0.455 e. The number of nitrogens with zero attached hydrogens (tertiary/aromatic N) is 1. The van der Waals surface area contributed by atoms with Crippen molar-refractivity contribution in [2.75, 3.05) is 4.90 Å². The lowest BCUT2D eigenvalue weighted by molar-refractivity contribution is 0.489. The maximum Gasteiger partial charge on any atom is 0.159 e. The second-order valence-electron chi connectivity index (χ2n) is 19.9. The summed E-state index contributed by atoms with van der Waals surface area (Å²) in [4.78, 5) is 2.43. The Kier molecular flexibility index (Phi) is 8.71. The zero-order chi connectivity index (χ0) is 47.7. The van der Waals surface area contributed by atoms with E-state index in [1.54, 1.807) is 0 Å². The molecule has 2 aliphatic rings. The summed E-state index contributed by atoms with van der Waals surface area (Å²) in [5, 5.41) is 13.6. The summed E-state index contributed by atoms with van der Waals surface area (Å²) in [5.41, 5.74) is 14.2. The van der Waals surface area contributed by atoms with Gasteiger partial charge >= 0.3 is 0 Å². The van der Waals surface area contributed by atoms with Crippen molar-refractivity contribution in [1.29, 1.82) is 0 Å². The third-order valence-corrected chi connectivity index (χ3v) is 15.7. The Morgan fingerprint density at radius 1 is 0.333 bits per heavy atom. The fraction of sp³-hybridized carbons (Fsp3) is 0.0435. The van der Waals surface area contributed by atoms with E-state index in [-0.39, 0.29) is 5.41 Å². The predicted molar refractivity (Wildman–Crippen MR) is 302 cm³/mol. The zero-order valence-electron chi connectivity index (χ0n) is 39.8. The van der Waals surface area contributed by atoms with E-state index in [0.29, 0.717) is 0 Å². The van der Waals surface area contributed by atoms with Crippen molar-refractivity contribution in [2.24, 2.45) is 0 Å². The first-order chi connectivity index (χ1) is 35.5. The van der Waals surface area contributed by atoms with Gasteiger partial charge in [-0.2, -0.15) is 0 Å². The third kappa shape index (κ3) is 5.85. The number of furan rings is 1. The Labute approximate surface area is 416 Å². The van der Waals surface area contributed by atoms with Crippen molar-refractivity contribution in [3.05, 3.63) is 248 Å². The summed E-state index contributed by atoms with van der Waals surface area (Å²) in [6.45, 7) is 4.72. The molecule has 0 amide bonds. The number of para-hydroxylation sites is 3. The molecule has 0 saturated carbocycles. The number of benzene rings is 11. The topological polar surface area (TPSA) is 25.6 Å². The minimum Gasteiger partial charge on any atom is -0.455 e.